The molecule has 3 atom stereocenters. The summed E-state index contributed by atoms with van der Waals surface area (Å²) in [5.74, 6) is 0.245. The topological polar surface area (TPSA) is 99.3 Å². The number of hydrogen-bond acceptors (Lipinski definition) is 5. The molecule has 0 spiro atoms. The van der Waals surface area contributed by atoms with E-state index in [1.807, 2.05) is 0 Å². The lowest BCUT2D eigenvalue weighted by molar-refractivity contribution is -0.125. The highest BCUT2D eigenvalue weighted by molar-refractivity contribution is 5.78. The minimum absolute atomic E-state index is 0.0992. The third kappa shape index (κ3) is 3.66. The standard InChI is InChI=1S/C15H24N4O3/c20-14-12(17-6-11-5-16-9-19-11)8-22-13(14)7-18-15(21)10-3-1-2-4-10/h5,9-10,12-14,17,20H,1-4,6-8H2,(H,16,19)(H,18,21)/t12-,13-,14+/m1/s1. The molecule has 0 radical (unpaired) electrons. The van der Waals surface area contributed by atoms with E-state index in [2.05, 4.69) is 20.6 Å². The first-order chi connectivity index (χ1) is 10.7. The first-order valence-electron chi connectivity index (χ1n) is 8.02. The van der Waals surface area contributed by atoms with Crippen LogP contribution in [-0.4, -0.2) is 52.4 Å². The summed E-state index contributed by atoms with van der Waals surface area (Å²) in [4.78, 5) is 19.0. The van der Waals surface area contributed by atoms with Crippen molar-refractivity contribution in [3.05, 3.63) is 18.2 Å². The lowest BCUT2D eigenvalue weighted by Gasteiger charge is -2.19. The van der Waals surface area contributed by atoms with Gasteiger partial charge in [0.05, 0.1) is 25.1 Å². The number of aromatic nitrogens is 2. The highest BCUT2D eigenvalue weighted by Crippen LogP contribution is 2.24. The minimum Gasteiger partial charge on any atom is -0.389 e. The molecule has 1 amide bonds. The van der Waals surface area contributed by atoms with Crippen molar-refractivity contribution in [2.24, 2.45) is 5.92 Å². The molecule has 1 aromatic heterocycles. The van der Waals surface area contributed by atoms with Crippen molar-refractivity contribution < 1.29 is 14.6 Å². The second kappa shape index (κ2) is 7.21. The number of nitrogens with zero attached hydrogens (tertiary/aromatic N) is 1. The van der Waals surface area contributed by atoms with Gasteiger partial charge in [-0.2, -0.15) is 0 Å². The van der Waals surface area contributed by atoms with Gasteiger partial charge in [0.2, 0.25) is 5.91 Å². The molecule has 7 heteroatoms. The van der Waals surface area contributed by atoms with Crippen molar-refractivity contribution in [1.82, 2.24) is 20.6 Å². The number of imidazole rings is 1. The molecular formula is C15H24N4O3. The fourth-order valence-electron chi connectivity index (χ4n) is 3.20. The van der Waals surface area contributed by atoms with Gasteiger partial charge in [-0.25, -0.2) is 4.98 Å². The molecule has 1 saturated carbocycles. The van der Waals surface area contributed by atoms with Crippen LogP contribution in [-0.2, 0) is 16.1 Å². The van der Waals surface area contributed by atoms with Crippen LogP contribution in [0.1, 0.15) is 31.4 Å². The van der Waals surface area contributed by atoms with E-state index < -0.39 is 6.10 Å². The maximum absolute atomic E-state index is 12.0. The maximum atomic E-state index is 12.0. The highest BCUT2D eigenvalue weighted by Gasteiger charge is 2.36. The van der Waals surface area contributed by atoms with Crippen molar-refractivity contribution in [3.8, 4) is 0 Å². The molecular weight excluding hydrogens is 284 g/mol. The summed E-state index contributed by atoms with van der Waals surface area (Å²) in [5, 5.41) is 16.5. The second-order valence-corrected chi connectivity index (χ2v) is 6.15. The van der Waals surface area contributed by atoms with E-state index >= 15 is 0 Å². The number of hydrogen-bond donors (Lipinski definition) is 4. The zero-order valence-corrected chi connectivity index (χ0v) is 12.6. The van der Waals surface area contributed by atoms with Crippen LogP contribution in [0.15, 0.2) is 12.5 Å². The van der Waals surface area contributed by atoms with Gasteiger partial charge in [0, 0.05) is 30.9 Å². The number of carbonyl (C=O) groups excluding carboxylic acids is 1. The van der Waals surface area contributed by atoms with Crippen LogP contribution in [0.25, 0.3) is 0 Å². The molecule has 2 aliphatic rings. The van der Waals surface area contributed by atoms with E-state index in [0.717, 1.165) is 31.4 Å². The van der Waals surface area contributed by atoms with E-state index in [1.54, 1.807) is 12.5 Å². The van der Waals surface area contributed by atoms with Gasteiger partial charge >= 0.3 is 0 Å². The molecule has 2 heterocycles. The van der Waals surface area contributed by atoms with Gasteiger partial charge in [0.1, 0.15) is 6.10 Å². The molecule has 1 aromatic rings. The predicted octanol–water partition coefficient (Wildman–Crippen LogP) is -0.0660. The number of carbonyl (C=O) groups is 1. The third-order valence-corrected chi connectivity index (χ3v) is 4.60. The smallest absolute Gasteiger partial charge is 0.223 e. The lowest BCUT2D eigenvalue weighted by atomic mass is 10.1. The summed E-state index contributed by atoms with van der Waals surface area (Å²) in [5.41, 5.74) is 0.963. The second-order valence-electron chi connectivity index (χ2n) is 6.15. The fraction of sp³-hybridized carbons (Fsp3) is 0.733. The SMILES string of the molecule is O=C(NC[C@H]1OC[C@@H](NCc2cnc[nH]2)[C@@H]1O)C1CCCC1. The van der Waals surface area contributed by atoms with E-state index in [-0.39, 0.29) is 24.0 Å². The van der Waals surface area contributed by atoms with Gasteiger partial charge in [-0.05, 0) is 12.8 Å². The summed E-state index contributed by atoms with van der Waals surface area (Å²) in [6.45, 7) is 1.42. The number of aliphatic hydroxyl groups is 1. The van der Waals surface area contributed by atoms with Crippen LogP contribution in [0.3, 0.4) is 0 Å². The van der Waals surface area contributed by atoms with Crippen LogP contribution in [0.5, 0.6) is 0 Å². The fourth-order valence-corrected chi connectivity index (χ4v) is 3.20. The van der Waals surface area contributed by atoms with Crippen LogP contribution in [0.2, 0.25) is 0 Å². The van der Waals surface area contributed by atoms with Crippen LogP contribution in [0.4, 0.5) is 0 Å². The third-order valence-electron chi connectivity index (χ3n) is 4.60. The predicted molar refractivity (Wildman–Crippen MR) is 79.9 cm³/mol. The molecule has 0 unspecified atom stereocenters. The van der Waals surface area contributed by atoms with Gasteiger partial charge in [-0.3, -0.25) is 4.79 Å². The number of aromatic amines is 1. The normalized spacial score (nSPS) is 29.0. The minimum atomic E-state index is -0.619. The zero-order chi connectivity index (χ0) is 15.4. The highest BCUT2D eigenvalue weighted by atomic mass is 16.5. The van der Waals surface area contributed by atoms with Crippen molar-refractivity contribution in [1.29, 1.82) is 0 Å². The Hall–Kier alpha value is -1.44. The molecule has 0 aromatic carbocycles. The van der Waals surface area contributed by atoms with Gasteiger partial charge in [0.25, 0.3) is 0 Å². The quantitative estimate of drug-likeness (QED) is 0.590. The van der Waals surface area contributed by atoms with Crippen molar-refractivity contribution >= 4 is 5.91 Å². The van der Waals surface area contributed by atoms with Gasteiger partial charge < -0.3 is 25.5 Å². The largest absolute Gasteiger partial charge is 0.389 e. The van der Waals surface area contributed by atoms with E-state index in [4.69, 9.17) is 4.74 Å². The summed E-state index contributed by atoms with van der Waals surface area (Å²) in [7, 11) is 0. The molecule has 2 fully saturated rings. The number of ether oxygens (including phenoxy) is 1. The summed E-state index contributed by atoms with van der Waals surface area (Å²) in [6.07, 6.45) is 6.65. The van der Waals surface area contributed by atoms with E-state index in [0.29, 0.717) is 19.7 Å². The Morgan fingerprint density at radius 2 is 2.27 bits per heavy atom. The Labute approximate surface area is 129 Å². The molecule has 3 rings (SSSR count). The molecule has 1 aliphatic carbocycles. The molecule has 1 aliphatic heterocycles. The van der Waals surface area contributed by atoms with Crippen LogP contribution < -0.4 is 10.6 Å². The Morgan fingerprint density at radius 1 is 1.45 bits per heavy atom. The summed E-state index contributed by atoms with van der Waals surface area (Å²) >= 11 is 0. The lowest BCUT2D eigenvalue weighted by Crippen LogP contribution is -2.45. The van der Waals surface area contributed by atoms with E-state index in [1.165, 1.54) is 0 Å². The van der Waals surface area contributed by atoms with Gasteiger partial charge in [-0.1, -0.05) is 12.8 Å². The summed E-state index contributed by atoms with van der Waals surface area (Å²) < 4.78 is 5.61. The number of aliphatic hydroxyl groups excluding tert-OH is 1. The monoisotopic (exact) mass is 308 g/mol. The molecule has 4 N–H and O–H groups in total. The number of amides is 1. The van der Waals surface area contributed by atoms with Gasteiger partial charge in [0.15, 0.2) is 0 Å². The van der Waals surface area contributed by atoms with Crippen LogP contribution >= 0.6 is 0 Å². The van der Waals surface area contributed by atoms with Crippen molar-refractivity contribution in [2.75, 3.05) is 13.2 Å². The Bertz CT molecular complexity index is 473. The van der Waals surface area contributed by atoms with Crippen LogP contribution in [0, 0.1) is 5.92 Å². The van der Waals surface area contributed by atoms with Crippen molar-refractivity contribution in [2.45, 2.75) is 50.5 Å². The maximum Gasteiger partial charge on any atom is 0.223 e. The van der Waals surface area contributed by atoms with Crippen molar-refractivity contribution in [3.63, 3.8) is 0 Å². The summed E-state index contributed by atoms with van der Waals surface area (Å²) in [6, 6.07) is -0.128. The number of nitrogens with one attached hydrogen (secondary N) is 3. The Kier molecular flexibility index (Phi) is 5.07. The van der Waals surface area contributed by atoms with E-state index in [9.17, 15) is 9.90 Å². The average Bonchev–Trinajstić information content (AvgIpc) is 3.26. The molecule has 1 saturated heterocycles. The number of rotatable bonds is 6. The Morgan fingerprint density at radius 3 is 3.00 bits per heavy atom. The first-order valence-corrected chi connectivity index (χ1v) is 8.02. The zero-order valence-electron chi connectivity index (χ0n) is 12.6. The molecule has 22 heavy (non-hydrogen) atoms. The average molecular weight is 308 g/mol. The molecule has 0 bridgehead atoms. The first kappa shape index (κ1) is 15.5. The molecule has 7 nitrogen and oxygen atoms in total. The Balaban J connectivity index is 1.40. The molecule has 122 valence electrons. The van der Waals surface area contributed by atoms with Gasteiger partial charge in [-0.15, -0.1) is 0 Å². The number of H-pyrrole nitrogens is 1.